The van der Waals surface area contributed by atoms with Crippen LogP contribution in [0.4, 0.5) is 5.69 Å². The molecule has 1 aromatic rings. The monoisotopic (exact) mass is 372 g/mol. The molecule has 0 aromatic heterocycles. The molecule has 0 spiro atoms. The lowest BCUT2D eigenvalue weighted by Gasteiger charge is -2.32. The Morgan fingerprint density at radius 1 is 1.19 bits per heavy atom. The summed E-state index contributed by atoms with van der Waals surface area (Å²) in [6.45, 7) is 5.77. The zero-order chi connectivity index (χ0) is 19.0. The number of hydrogen-bond acceptors (Lipinski definition) is 4. The second kappa shape index (κ2) is 7.41. The first-order chi connectivity index (χ1) is 13.1. The van der Waals surface area contributed by atoms with E-state index in [1.807, 2.05) is 18.2 Å². The third kappa shape index (κ3) is 3.49. The van der Waals surface area contributed by atoms with E-state index in [-0.39, 0.29) is 30.2 Å². The summed E-state index contributed by atoms with van der Waals surface area (Å²) < 4.78 is 11.2. The molecule has 2 heterocycles. The third-order valence-electron chi connectivity index (χ3n) is 5.84. The van der Waals surface area contributed by atoms with Gasteiger partial charge in [-0.3, -0.25) is 9.59 Å². The average Bonchev–Trinajstić information content (AvgIpc) is 3.45. The van der Waals surface area contributed by atoms with Crippen LogP contribution in [0, 0.1) is 5.92 Å². The van der Waals surface area contributed by atoms with Crippen molar-refractivity contribution in [3.05, 3.63) is 18.2 Å². The molecule has 6 heteroatoms. The van der Waals surface area contributed by atoms with Gasteiger partial charge in [0, 0.05) is 36.8 Å². The Hall–Kier alpha value is -2.24. The summed E-state index contributed by atoms with van der Waals surface area (Å²) in [5, 5.41) is 0. The van der Waals surface area contributed by atoms with E-state index in [1.165, 1.54) is 0 Å². The molecule has 0 radical (unpaired) electrons. The number of nitrogens with zero attached hydrogens (tertiary/aromatic N) is 2. The van der Waals surface area contributed by atoms with Gasteiger partial charge in [-0.2, -0.15) is 0 Å². The van der Waals surface area contributed by atoms with Gasteiger partial charge < -0.3 is 19.3 Å². The molecule has 2 aliphatic heterocycles. The van der Waals surface area contributed by atoms with Crippen molar-refractivity contribution in [1.29, 1.82) is 0 Å². The summed E-state index contributed by atoms with van der Waals surface area (Å²) >= 11 is 0. The maximum Gasteiger partial charge on any atom is 0.228 e. The molecule has 3 aliphatic rings. The minimum Gasteiger partial charge on any atom is -0.486 e. The first-order valence-corrected chi connectivity index (χ1v) is 10.1. The summed E-state index contributed by atoms with van der Waals surface area (Å²) in [5.41, 5.74) is 0.778. The van der Waals surface area contributed by atoms with Gasteiger partial charge in [-0.25, -0.2) is 0 Å². The zero-order valence-electron chi connectivity index (χ0n) is 16.1. The predicted octanol–water partition coefficient (Wildman–Crippen LogP) is 2.99. The maximum absolute atomic E-state index is 13.2. The van der Waals surface area contributed by atoms with Gasteiger partial charge in [0.15, 0.2) is 11.5 Å². The molecule has 4 rings (SSSR count). The summed E-state index contributed by atoms with van der Waals surface area (Å²) in [4.78, 5) is 29.7. The average molecular weight is 372 g/mol. The van der Waals surface area contributed by atoms with Gasteiger partial charge in [-0.1, -0.05) is 13.8 Å². The van der Waals surface area contributed by atoms with Crippen LogP contribution in [-0.2, 0) is 9.59 Å². The number of carbonyl (C=O) groups excluding carboxylic acids is 2. The lowest BCUT2D eigenvalue weighted by Crippen LogP contribution is -2.45. The highest BCUT2D eigenvalue weighted by molar-refractivity contribution is 6.00. The molecular formula is C21H28N2O4. The fourth-order valence-electron chi connectivity index (χ4n) is 4.23. The highest BCUT2D eigenvalue weighted by Crippen LogP contribution is 2.37. The van der Waals surface area contributed by atoms with Crippen molar-refractivity contribution in [3.63, 3.8) is 0 Å². The van der Waals surface area contributed by atoms with Crippen molar-refractivity contribution in [2.75, 3.05) is 24.7 Å². The van der Waals surface area contributed by atoms with Crippen LogP contribution in [0.15, 0.2) is 18.2 Å². The minimum atomic E-state index is -0.257. The number of rotatable bonds is 6. The van der Waals surface area contributed by atoms with Crippen molar-refractivity contribution in [1.82, 2.24) is 4.90 Å². The molecule has 0 N–H and O–H groups in total. The van der Waals surface area contributed by atoms with Crippen LogP contribution in [0.3, 0.4) is 0 Å². The Kier molecular flexibility index (Phi) is 4.98. The van der Waals surface area contributed by atoms with Crippen LogP contribution in [0.2, 0.25) is 0 Å². The summed E-state index contributed by atoms with van der Waals surface area (Å²) in [5.74, 6) is 1.27. The molecule has 2 amide bonds. The molecule has 1 saturated carbocycles. The molecule has 0 unspecified atom stereocenters. The lowest BCUT2D eigenvalue weighted by atomic mass is 10.0. The van der Waals surface area contributed by atoms with Crippen LogP contribution in [-0.4, -0.2) is 48.6 Å². The quantitative estimate of drug-likeness (QED) is 0.770. The maximum atomic E-state index is 13.2. The van der Waals surface area contributed by atoms with Crippen LogP contribution >= 0.6 is 0 Å². The SMILES string of the molecule is CCC(CC)N(C(=O)[C@@H]1CC(=O)N(c2ccc3c(c2)OCCO3)C1)C1CC1. The number of anilines is 1. The van der Waals surface area contributed by atoms with E-state index in [2.05, 4.69) is 18.7 Å². The van der Waals surface area contributed by atoms with Gasteiger partial charge in [0.1, 0.15) is 13.2 Å². The van der Waals surface area contributed by atoms with Gasteiger partial charge in [-0.05, 0) is 37.8 Å². The summed E-state index contributed by atoms with van der Waals surface area (Å²) in [6, 6.07) is 6.22. The van der Waals surface area contributed by atoms with E-state index in [9.17, 15) is 9.59 Å². The van der Waals surface area contributed by atoms with Gasteiger partial charge in [0.05, 0.1) is 5.92 Å². The Morgan fingerprint density at radius 3 is 2.56 bits per heavy atom. The number of hydrogen-bond donors (Lipinski definition) is 0. The summed E-state index contributed by atoms with van der Waals surface area (Å²) in [6.07, 6.45) is 4.40. The molecule has 6 nitrogen and oxygen atoms in total. The van der Waals surface area contributed by atoms with Crippen LogP contribution in [0.5, 0.6) is 11.5 Å². The summed E-state index contributed by atoms with van der Waals surface area (Å²) in [7, 11) is 0. The Bertz CT molecular complexity index is 727. The number of benzene rings is 1. The molecule has 1 aliphatic carbocycles. The first kappa shape index (κ1) is 18.1. The predicted molar refractivity (Wildman–Crippen MR) is 102 cm³/mol. The number of ether oxygens (including phenoxy) is 2. The van der Waals surface area contributed by atoms with Gasteiger partial charge in [0.2, 0.25) is 11.8 Å². The highest BCUT2D eigenvalue weighted by atomic mass is 16.6. The van der Waals surface area contributed by atoms with E-state index >= 15 is 0 Å². The number of amides is 2. The molecular weight excluding hydrogens is 344 g/mol. The van der Waals surface area contributed by atoms with E-state index in [4.69, 9.17) is 9.47 Å². The normalized spacial score (nSPS) is 21.7. The number of carbonyl (C=O) groups is 2. The molecule has 1 aromatic carbocycles. The largest absolute Gasteiger partial charge is 0.486 e. The molecule has 2 fully saturated rings. The van der Waals surface area contributed by atoms with Crippen molar-refractivity contribution in [2.24, 2.45) is 5.92 Å². The van der Waals surface area contributed by atoms with E-state index in [0.29, 0.717) is 37.3 Å². The van der Waals surface area contributed by atoms with Crippen molar-refractivity contribution >= 4 is 17.5 Å². The van der Waals surface area contributed by atoms with E-state index in [0.717, 1.165) is 31.4 Å². The highest BCUT2D eigenvalue weighted by Gasteiger charge is 2.43. The van der Waals surface area contributed by atoms with Crippen LogP contribution < -0.4 is 14.4 Å². The first-order valence-electron chi connectivity index (χ1n) is 10.1. The van der Waals surface area contributed by atoms with Gasteiger partial charge in [0.25, 0.3) is 0 Å². The molecule has 1 saturated heterocycles. The second-order valence-electron chi connectivity index (χ2n) is 7.68. The Morgan fingerprint density at radius 2 is 1.89 bits per heavy atom. The Balaban J connectivity index is 1.51. The van der Waals surface area contributed by atoms with Crippen molar-refractivity contribution in [2.45, 2.75) is 58.0 Å². The molecule has 146 valence electrons. The zero-order valence-corrected chi connectivity index (χ0v) is 16.1. The fourth-order valence-corrected chi connectivity index (χ4v) is 4.23. The molecule has 0 bridgehead atoms. The topological polar surface area (TPSA) is 59.1 Å². The fraction of sp³-hybridized carbons (Fsp3) is 0.619. The van der Waals surface area contributed by atoms with Crippen LogP contribution in [0.25, 0.3) is 0 Å². The van der Waals surface area contributed by atoms with E-state index < -0.39 is 0 Å². The standard InChI is InChI=1S/C21H28N2O4/c1-3-15(4-2)23(16-5-6-16)21(25)14-11-20(24)22(13-14)17-7-8-18-19(12-17)27-10-9-26-18/h7-8,12,14-16H,3-6,9-11,13H2,1-2H3/t14-/m1/s1. The Labute approximate surface area is 160 Å². The third-order valence-corrected chi connectivity index (χ3v) is 5.84. The van der Waals surface area contributed by atoms with Gasteiger partial charge in [-0.15, -0.1) is 0 Å². The van der Waals surface area contributed by atoms with E-state index in [1.54, 1.807) is 4.90 Å². The lowest BCUT2D eigenvalue weighted by molar-refractivity contribution is -0.139. The minimum absolute atomic E-state index is 0.00493. The van der Waals surface area contributed by atoms with Crippen molar-refractivity contribution < 1.29 is 19.1 Å². The second-order valence-corrected chi connectivity index (χ2v) is 7.68. The number of fused-ring (bicyclic) bond motifs is 1. The van der Waals surface area contributed by atoms with Gasteiger partial charge >= 0.3 is 0 Å². The molecule has 27 heavy (non-hydrogen) atoms. The van der Waals surface area contributed by atoms with Crippen LogP contribution in [0.1, 0.15) is 46.0 Å². The molecule has 1 atom stereocenters. The smallest absolute Gasteiger partial charge is 0.228 e. The van der Waals surface area contributed by atoms with Crippen molar-refractivity contribution in [3.8, 4) is 11.5 Å².